The molecule has 13 nitrogen and oxygen atoms in total. The topological polar surface area (TPSA) is 154 Å². The lowest BCUT2D eigenvalue weighted by atomic mass is 9.87. The van der Waals surface area contributed by atoms with Gasteiger partial charge in [-0.05, 0) is 132 Å². The van der Waals surface area contributed by atoms with Crippen molar-refractivity contribution in [2.24, 2.45) is 11.8 Å². The molecule has 0 radical (unpaired) electrons. The average molecular weight is 836 g/mol. The van der Waals surface area contributed by atoms with E-state index in [4.69, 9.17) is 0 Å². The molecule has 4 N–H and O–H groups in total. The number of pyridine rings is 1. The normalized spacial score (nSPS) is 23.2. The minimum absolute atomic E-state index is 0.0607. The largest absolute Gasteiger partial charge is 0.374 e. The van der Waals surface area contributed by atoms with Crippen LogP contribution in [0.2, 0.25) is 0 Å². The molecular weight excluding hydrogens is 781 g/mol. The van der Waals surface area contributed by atoms with Crippen LogP contribution in [0.3, 0.4) is 0 Å². The number of halogens is 2. The number of rotatable bonds is 13. The van der Waals surface area contributed by atoms with Crippen LogP contribution in [0.5, 0.6) is 0 Å². The van der Waals surface area contributed by atoms with Crippen molar-refractivity contribution in [1.29, 1.82) is 0 Å². The number of nitrogens with one attached hydrogen (secondary N) is 4. The number of hydrogen-bond donors (Lipinski definition) is 4. The molecule has 2 amide bonds. The van der Waals surface area contributed by atoms with E-state index in [-0.39, 0.29) is 52.8 Å². The predicted molar refractivity (Wildman–Crippen MR) is 229 cm³/mol. The zero-order chi connectivity index (χ0) is 42.3. The van der Waals surface area contributed by atoms with E-state index in [0.717, 1.165) is 95.9 Å². The highest BCUT2D eigenvalue weighted by atomic mass is 19.1. The number of anilines is 2. The SMILES string of the molecule is O=CC1CNC(=O)C(Nc2ccc(C3CCN(CC4CCN(CC(=O)NC5CCC(Nc6ncc(F)c(-c7cccc(-n8ccccc8=O)c7)n6)CC5)CC4)CC3)c(F)c2)C1. The Morgan fingerprint density at radius 3 is 2.36 bits per heavy atom. The molecule has 2 unspecified atom stereocenters. The summed E-state index contributed by atoms with van der Waals surface area (Å²) in [4.78, 5) is 62.4. The molecule has 2 atom stereocenters. The summed E-state index contributed by atoms with van der Waals surface area (Å²) in [6.07, 6.45) is 11.3. The number of hydrogen-bond acceptors (Lipinski definition) is 10. The molecule has 0 spiro atoms. The molecule has 61 heavy (non-hydrogen) atoms. The Morgan fingerprint density at radius 2 is 1.61 bits per heavy atom. The third-order valence-corrected chi connectivity index (χ3v) is 12.9. The van der Waals surface area contributed by atoms with Crippen LogP contribution in [0.4, 0.5) is 20.4 Å². The molecule has 3 aliphatic heterocycles. The Kier molecular flexibility index (Phi) is 13.4. The van der Waals surface area contributed by atoms with Gasteiger partial charge >= 0.3 is 0 Å². The Bertz CT molecular complexity index is 2230. The fraction of sp³-hybridized carbons (Fsp3) is 0.478. The first-order valence-electron chi connectivity index (χ1n) is 21.8. The Balaban J connectivity index is 0.725. The average Bonchev–Trinajstić information content (AvgIpc) is 3.27. The van der Waals surface area contributed by atoms with Gasteiger partial charge in [0.05, 0.1) is 12.7 Å². The monoisotopic (exact) mass is 835 g/mol. The van der Waals surface area contributed by atoms with Crippen LogP contribution in [0.15, 0.2) is 77.9 Å². The second-order valence-electron chi connectivity index (χ2n) is 17.2. The number of carbonyl (C=O) groups excluding carboxylic acids is 3. The van der Waals surface area contributed by atoms with Crippen LogP contribution in [0, 0.1) is 23.5 Å². The van der Waals surface area contributed by atoms with Gasteiger partial charge in [-0.2, -0.15) is 0 Å². The van der Waals surface area contributed by atoms with E-state index in [1.165, 1.54) is 22.9 Å². The molecule has 0 bridgehead atoms. The maximum Gasteiger partial charge on any atom is 0.255 e. The highest BCUT2D eigenvalue weighted by molar-refractivity contribution is 5.86. The third-order valence-electron chi connectivity index (χ3n) is 12.9. The quantitative estimate of drug-likeness (QED) is 0.134. The van der Waals surface area contributed by atoms with Gasteiger partial charge in [0.1, 0.15) is 23.8 Å². The van der Waals surface area contributed by atoms with Crippen LogP contribution in [-0.4, -0.2) is 106 Å². The van der Waals surface area contributed by atoms with Gasteiger partial charge in [-0.25, -0.2) is 18.7 Å². The van der Waals surface area contributed by atoms with Crippen molar-refractivity contribution in [3.05, 3.63) is 101 Å². The summed E-state index contributed by atoms with van der Waals surface area (Å²) in [6.45, 7) is 5.39. The van der Waals surface area contributed by atoms with Crippen LogP contribution in [0.1, 0.15) is 69.3 Å². The summed E-state index contributed by atoms with van der Waals surface area (Å²) in [6, 6.07) is 16.8. The predicted octanol–water partition coefficient (Wildman–Crippen LogP) is 5.12. The summed E-state index contributed by atoms with van der Waals surface area (Å²) in [5, 5.41) is 12.5. The number of carbonyl (C=O) groups is 3. The van der Waals surface area contributed by atoms with Gasteiger partial charge in [0, 0.05) is 60.3 Å². The number of aldehydes is 1. The van der Waals surface area contributed by atoms with E-state index in [0.29, 0.717) is 48.3 Å². The first-order chi connectivity index (χ1) is 29.7. The van der Waals surface area contributed by atoms with Crippen molar-refractivity contribution in [3.8, 4) is 16.9 Å². The van der Waals surface area contributed by atoms with Crippen molar-refractivity contribution in [2.75, 3.05) is 56.4 Å². The maximum atomic E-state index is 15.3. The molecule has 15 heteroatoms. The van der Waals surface area contributed by atoms with E-state index in [2.05, 4.69) is 41.0 Å². The first kappa shape index (κ1) is 42.2. The van der Waals surface area contributed by atoms with Gasteiger partial charge < -0.3 is 31.0 Å². The number of amides is 2. The van der Waals surface area contributed by atoms with Crippen molar-refractivity contribution < 1.29 is 23.2 Å². The Labute approximate surface area is 354 Å². The van der Waals surface area contributed by atoms with Crippen molar-refractivity contribution in [3.63, 3.8) is 0 Å². The Hall–Kier alpha value is -5.54. The van der Waals surface area contributed by atoms with Crippen LogP contribution < -0.4 is 26.8 Å². The van der Waals surface area contributed by atoms with Crippen LogP contribution in [0.25, 0.3) is 16.9 Å². The summed E-state index contributed by atoms with van der Waals surface area (Å²) in [5.41, 5.74) is 2.40. The molecule has 2 aromatic carbocycles. The van der Waals surface area contributed by atoms with E-state index in [1.807, 2.05) is 12.1 Å². The number of nitrogens with zero attached hydrogens (tertiary/aromatic N) is 5. The minimum Gasteiger partial charge on any atom is -0.374 e. The fourth-order valence-corrected chi connectivity index (χ4v) is 9.47. The second kappa shape index (κ2) is 19.4. The van der Waals surface area contributed by atoms with Crippen LogP contribution in [-0.2, 0) is 14.4 Å². The molecular formula is C46H55F2N9O4. The van der Waals surface area contributed by atoms with E-state index < -0.39 is 11.9 Å². The maximum absolute atomic E-state index is 15.3. The van der Waals surface area contributed by atoms with Gasteiger partial charge in [-0.1, -0.05) is 24.3 Å². The summed E-state index contributed by atoms with van der Waals surface area (Å²) < 4.78 is 31.8. The van der Waals surface area contributed by atoms with Crippen molar-refractivity contribution >= 4 is 29.7 Å². The molecule has 322 valence electrons. The number of benzene rings is 2. The van der Waals surface area contributed by atoms with Crippen LogP contribution >= 0.6 is 0 Å². The highest BCUT2D eigenvalue weighted by Crippen LogP contribution is 2.33. The van der Waals surface area contributed by atoms with Gasteiger partial charge in [0.15, 0.2) is 5.82 Å². The molecule has 1 saturated carbocycles. The van der Waals surface area contributed by atoms with Gasteiger partial charge in [0.2, 0.25) is 17.8 Å². The molecule has 4 aromatic rings. The fourth-order valence-electron chi connectivity index (χ4n) is 9.47. The molecule has 2 aromatic heterocycles. The third kappa shape index (κ3) is 10.7. The number of piperidine rings is 3. The standard InChI is InChI=1S/C46H55F2N9O4/c47-39-24-36(51-41-22-31(29-58)25-49-45(41)61)11-12-38(39)32-15-20-55(21-16-32)27-30-13-18-56(19-14-30)28-42(59)52-34-7-9-35(10-8-34)53-46-50-26-40(48)44(54-46)33-4-3-5-37(23-33)57-17-2-1-6-43(57)60/h1-6,11-12,17,23-24,26,29-32,34-35,41,51H,7-10,13-16,18-22,25,27-28H2,(H,49,61)(H,52,59)(H,50,53,54). The van der Waals surface area contributed by atoms with Gasteiger partial charge in [0.25, 0.3) is 5.56 Å². The molecule has 1 aliphatic carbocycles. The first-order valence-corrected chi connectivity index (χ1v) is 21.8. The molecule has 8 rings (SSSR count). The van der Waals surface area contributed by atoms with Gasteiger partial charge in [-0.15, -0.1) is 0 Å². The lowest BCUT2D eigenvalue weighted by Crippen LogP contribution is -2.48. The lowest BCUT2D eigenvalue weighted by Gasteiger charge is -2.38. The second-order valence-corrected chi connectivity index (χ2v) is 17.2. The number of aromatic nitrogens is 3. The molecule has 3 saturated heterocycles. The lowest BCUT2D eigenvalue weighted by molar-refractivity contribution is -0.125. The van der Waals surface area contributed by atoms with E-state index >= 15 is 4.39 Å². The smallest absolute Gasteiger partial charge is 0.255 e. The Morgan fingerprint density at radius 1 is 0.836 bits per heavy atom. The minimum atomic E-state index is -0.557. The zero-order valence-corrected chi connectivity index (χ0v) is 34.4. The van der Waals surface area contributed by atoms with E-state index in [1.54, 1.807) is 42.6 Å². The summed E-state index contributed by atoms with van der Waals surface area (Å²) in [5.74, 6) is -0.0976. The highest BCUT2D eigenvalue weighted by Gasteiger charge is 2.31. The molecule has 4 aliphatic rings. The summed E-state index contributed by atoms with van der Waals surface area (Å²) in [7, 11) is 0. The summed E-state index contributed by atoms with van der Waals surface area (Å²) >= 11 is 0. The van der Waals surface area contributed by atoms with Crippen molar-refractivity contribution in [2.45, 2.75) is 81.8 Å². The molecule has 5 heterocycles. The van der Waals surface area contributed by atoms with Gasteiger partial charge in [-0.3, -0.25) is 23.9 Å². The number of likely N-dealkylation sites (tertiary alicyclic amines) is 2. The van der Waals surface area contributed by atoms with E-state index in [9.17, 15) is 23.6 Å². The molecule has 4 fully saturated rings. The van der Waals surface area contributed by atoms with Crippen molar-refractivity contribution in [1.82, 2.24) is 35.0 Å². The zero-order valence-electron chi connectivity index (χ0n) is 34.4.